The molecule has 0 aliphatic carbocycles. The van der Waals surface area contributed by atoms with Gasteiger partial charge in [0.2, 0.25) is 0 Å². The Bertz CT molecular complexity index is 631. The van der Waals surface area contributed by atoms with Gasteiger partial charge in [0.25, 0.3) is 0 Å². The van der Waals surface area contributed by atoms with E-state index >= 15 is 0 Å². The molecule has 6 heteroatoms. The van der Waals surface area contributed by atoms with E-state index in [0.717, 1.165) is 49.8 Å². The van der Waals surface area contributed by atoms with E-state index < -0.39 is 0 Å². The van der Waals surface area contributed by atoms with Crippen LogP contribution in [0.5, 0.6) is 0 Å². The van der Waals surface area contributed by atoms with Crippen LogP contribution in [-0.2, 0) is 6.54 Å². The average Bonchev–Trinajstić information content (AvgIpc) is 3.05. The molecule has 1 aliphatic heterocycles. The van der Waals surface area contributed by atoms with Gasteiger partial charge < -0.3 is 15.2 Å². The molecule has 0 unspecified atom stereocenters. The Labute approximate surface area is 136 Å². The van der Waals surface area contributed by atoms with E-state index in [4.69, 9.17) is 0 Å². The van der Waals surface area contributed by atoms with Crippen LogP contribution in [0.4, 0.5) is 4.79 Å². The molecule has 1 aromatic heterocycles. The fourth-order valence-corrected chi connectivity index (χ4v) is 2.79. The molecule has 0 bridgehead atoms. The molecule has 0 spiro atoms. The van der Waals surface area contributed by atoms with Crippen LogP contribution in [0.15, 0.2) is 36.5 Å². The van der Waals surface area contributed by atoms with Crippen LogP contribution < -0.4 is 5.32 Å². The van der Waals surface area contributed by atoms with Crippen molar-refractivity contribution in [2.75, 3.05) is 32.7 Å². The Kier molecular flexibility index (Phi) is 4.92. The summed E-state index contributed by atoms with van der Waals surface area (Å²) in [5, 5.41) is 2.85. The number of hydrogen-bond donors (Lipinski definition) is 2. The predicted molar refractivity (Wildman–Crippen MR) is 89.9 cm³/mol. The number of H-pyrrole nitrogens is 1. The molecule has 0 atom stereocenters. The number of imidazole rings is 1. The van der Waals surface area contributed by atoms with E-state index in [1.807, 2.05) is 36.2 Å². The van der Waals surface area contributed by atoms with Crippen molar-refractivity contribution in [3.8, 4) is 11.3 Å². The topological polar surface area (TPSA) is 64.3 Å². The van der Waals surface area contributed by atoms with Gasteiger partial charge in [-0.15, -0.1) is 0 Å². The van der Waals surface area contributed by atoms with Crippen LogP contribution in [-0.4, -0.2) is 58.5 Å². The molecule has 1 aliphatic rings. The molecule has 6 nitrogen and oxygen atoms in total. The zero-order chi connectivity index (χ0) is 16.1. The lowest BCUT2D eigenvalue weighted by Gasteiger charge is -2.34. The van der Waals surface area contributed by atoms with Gasteiger partial charge in [0.15, 0.2) is 0 Å². The Hall–Kier alpha value is -2.34. The zero-order valence-electron chi connectivity index (χ0n) is 13.5. The van der Waals surface area contributed by atoms with Crippen molar-refractivity contribution < 1.29 is 4.79 Å². The fourth-order valence-electron chi connectivity index (χ4n) is 2.79. The first kappa shape index (κ1) is 15.6. The van der Waals surface area contributed by atoms with Crippen LogP contribution in [0.25, 0.3) is 11.3 Å². The number of nitrogens with zero attached hydrogens (tertiary/aromatic N) is 3. The molecular formula is C17H23N5O. The highest BCUT2D eigenvalue weighted by Crippen LogP contribution is 2.17. The largest absolute Gasteiger partial charge is 0.341 e. The molecule has 1 aromatic carbocycles. The molecule has 1 saturated heterocycles. The Balaban J connectivity index is 1.53. The standard InChI is InChI=1S/C17H23N5O/c1-2-18-17(23)22-10-8-21(9-11-22)13-16-19-12-15(20-16)14-6-4-3-5-7-14/h3-7,12H,2,8-11,13H2,1H3,(H,18,23)(H,19,20). The maximum atomic E-state index is 11.8. The molecule has 122 valence electrons. The summed E-state index contributed by atoms with van der Waals surface area (Å²) in [6.07, 6.45) is 1.88. The zero-order valence-corrected chi connectivity index (χ0v) is 13.5. The number of rotatable bonds is 4. The third-order valence-electron chi connectivity index (χ3n) is 4.07. The summed E-state index contributed by atoms with van der Waals surface area (Å²) in [5.41, 5.74) is 2.19. The van der Waals surface area contributed by atoms with E-state index in [-0.39, 0.29) is 6.03 Å². The lowest BCUT2D eigenvalue weighted by molar-refractivity contribution is 0.134. The minimum Gasteiger partial charge on any atom is -0.341 e. The van der Waals surface area contributed by atoms with Crippen LogP contribution in [0.3, 0.4) is 0 Å². The maximum Gasteiger partial charge on any atom is 0.317 e. The third kappa shape index (κ3) is 3.90. The molecule has 0 saturated carbocycles. The van der Waals surface area contributed by atoms with Crippen molar-refractivity contribution in [1.82, 2.24) is 25.1 Å². The van der Waals surface area contributed by atoms with Gasteiger partial charge in [-0.2, -0.15) is 0 Å². The quantitative estimate of drug-likeness (QED) is 0.906. The molecule has 1 fully saturated rings. The maximum absolute atomic E-state index is 11.8. The Morgan fingerprint density at radius 3 is 2.65 bits per heavy atom. The summed E-state index contributed by atoms with van der Waals surface area (Å²) in [6.45, 7) is 6.67. The minimum atomic E-state index is 0.0384. The number of hydrogen-bond acceptors (Lipinski definition) is 3. The normalized spacial score (nSPS) is 15.6. The van der Waals surface area contributed by atoms with Crippen LogP contribution in [0.2, 0.25) is 0 Å². The highest BCUT2D eigenvalue weighted by molar-refractivity contribution is 5.74. The number of amides is 2. The summed E-state index contributed by atoms with van der Waals surface area (Å²) in [5.74, 6) is 0.968. The first-order valence-corrected chi connectivity index (χ1v) is 8.10. The minimum absolute atomic E-state index is 0.0384. The highest BCUT2D eigenvalue weighted by atomic mass is 16.2. The SMILES string of the molecule is CCNC(=O)N1CCN(Cc2ncc(-c3ccccc3)[nH]2)CC1. The van der Waals surface area contributed by atoms with Gasteiger partial charge in [-0.3, -0.25) is 4.90 Å². The molecule has 2 aromatic rings. The lowest BCUT2D eigenvalue weighted by atomic mass is 10.2. The van der Waals surface area contributed by atoms with Crippen LogP contribution in [0, 0.1) is 0 Å². The van der Waals surface area contributed by atoms with E-state index in [2.05, 4.69) is 32.3 Å². The van der Waals surface area contributed by atoms with Crippen LogP contribution in [0.1, 0.15) is 12.7 Å². The number of urea groups is 1. The summed E-state index contributed by atoms with van der Waals surface area (Å²) in [4.78, 5) is 23.9. The second-order valence-corrected chi connectivity index (χ2v) is 5.71. The van der Waals surface area contributed by atoms with Crippen molar-refractivity contribution in [1.29, 1.82) is 0 Å². The van der Waals surface area contributed by atoms with E-state index in [1.54, 1.807) is 0 Å². The lowest BCUT2D eigenvalue weighted by Crippen LogP contribution is -2.51. The number of carbonyl (C=O) groups is 1. The third-order valence-corrected chi connectivity index (χ3v) is 4.07. The van der Waals surface area contributed by atoms with Crippen molar-refractivity contribution in [2.45, 2.75) is 13.5 Å². The van der Waals surface area contributed by atoms with Crippen molar-refractivity contribution in [3.05, 3.63) is 42.4 Å². The van der Waals surface area contributed by atoms with E-state index in [0.29, 0.717) is 6.54 Å². The van der Waals surface area contributed by atoms with Crippen molar-refractivity contribution in [3.63, 3.8) is 0 Å². The molecule has 3 rings (SSSR count). The van der Waals surface area contributed by atoms with E-state index in [1.165, 1.54) is 0 Å². The molecular weight excluding hydrogens is 290 g/mol. The van der Waals surface area contributed by atoms with Crippen molar-refractivity contribution in [2.24, 2.45) is 0 Å². The predicted octanol–water partition coefficient (Wildman–Crippen LogP) is 1.92. The fraction of sp³-hybridized carbons (Fsp3) is 0.412. The van der Waals surface area contributed by atoms with Crippen molar-refractivity contribution >= 4 is 6.03 Å². The number of aromatic nitrogens is 2. The molecule has 23 heavy (non-hydrogen) atoms. The second-order valence-electron chi connectivity index (χ2n) is 5.71. The van der Waals surface area contributed by atoms with E-state index in [9.17, 15) is 4.79 Å². The summed E-state index contributed by atoms with van der Waals surface area (Å²) >= 11 is 0. The first-order valence-electron chi connectivity index (χ1n) is 8.10. The number of benzene rings is 1. The van der Waals surface area contributed by atoms with Gasteiger partial charge in [-0.1, -0.05) is 30.3 Å². The number of nitrogens with one attached hydrogen (secondary N) is 2. The Morgan fingerprint density at radius 2 is 1.96 bits per heavy atom. The van der Waals surface area contributed by atoms with Gasteiger partial charge in [-0.05, 0) is 12.5 Å². The summed E-state index contributed by atoms with van der Waals surface area (Å²) < 4.78 is 0. The number of piperazine rings is 1. The van der Waals surface area contributed by atoms with Gasteiger partial charge in [-0.25, -0.2) is 9.78 Å². The highest BCUT2D eigenvalue weighted by Gasteiger charge is 2.21. The van der Waals surface area contributed by atoms with Gasteiger partial charge in [0, 0.05) is 32.7 Å². The van der Waals surface area contributed by atoms with Crippen LogP contribution >= 0.6 is 0 Å². The van der Waals surface area contributed by atoms with Gasteiger partial charge >= 0.3 is 6.03 Å². The summed E-state index contributed by atoms with van der Waals surface area (Å²) in [7, 11) is 0. The average molecular weight is 313 g/mol. The Morgan fingerprint density at radius 1 is 1.22 bits per heavy atom. The summed E-state index contributed by atoms with van der Waals surface area (Å²) in [6, 6.07) is 10.2. The van der Waals surface area contributed by atoms with Gasteiger partial charge in [0.1, 0.15) is 5.82 Å². The number of carbonyl (C=O) groups excluding carboxylic acids is 1. The number of aromatic amines is 1. The molecule has 2 amide bonds. The molecule has 2 heterocycles. The smallest absolute Gasteiger partial charge is 0.317 e. The first-order chi connectivity index (χ1) is 11.3. The molecule has 2 N–H and O–H groups in total. The monoisotopic (exact) mass is 313 g/mol. The second kappa shape index (κ2) is 7.28. The molecule has 0 radical (unpaired) electrons. The van der Waals surface area contributed by atoms with Gasteiger partial charge in [0.05, 0.1) is 18.4 Å².